The van der Waals surface area contributed by atoms with E-state index in [1.54, 1.807) is 13.3 Å². The lowest BCUT2D eigenvalue weighted by Crippen LogP contribution is -2.37. The molecule has 2 rings (SSSR count). The lowest BCUT2D eigenvalue weighted by molar-refractivity contribution is 0.0173. The zero-order valence-corrected chi connectivity index (χ0v) is 15.5. The number of aromatic nitrogens is 2. The fourth-order valence-corrected chi connectivity index (χ4v) is 2.95. The van der Waals surface area contributed by atoms with E-state index in [2.05, 4.69) is 10.00 Å². The Kier molecular flexibility index (Phi) is 9.10. The Morgan fingerprint density at radius 2 is 1.84 bits per heavy atom. The van der Waals surface area contributed by atoms with Gasteiger partial charge in [0.05, 0.1) is 50.8 Å². The van der Waals surface area contributed by atoms with E-state index in [0.29, 0.717) is 38.9 Å². The van der Waals surface area contributed by atoms with Crippen LogP contribution in [-0.2, 0) is 14.2 Å². The largest absolute Gasteiger partial charge is 0.382 e. The van der Waals surface area contributed by atoms with Crippen LogP contribution in [0.4, 0.5) is 0 Å². The molecule has 1 aliphatic heterocycles. The number of carbonyl (C=O) groups is 1. The maximum Gasteiger partial charge on any atom is 0.165 e. The third-order valence-electron chi connectivity index (χ3n) is 4.53. The molecule has 0 amide bonds. The molecule has 0 spiro atoms. The van der Waals surface area contributed by atoms with Crippen LogP contribution < -0.4 is 0 Å². The van der Waals surface area contributed by atoms with Crippen molar-refractivity contribution in [3.8, 4) is 0 Å². The molecule has 0 aromatic carbocycles. The molecule has 0 saturated carbocycles. The first-order valence-electron chi connectivity index (χ1n) is 9.18. The van der Waals surface area contributed by atoms with Gasteiger partial charge < -0.3 is 19.1 Å². The monoisotopic (exact) mass is 353 g/mol. The van der Waals surface area contributed by atoms with Crippen LogP contribution in [0.1, 0.15) is 42.6 Å². The molecule has 142 valence electrons. The molecule has 0 N–H and O–H groups in total. The summed E-state index contributed by atoms with van der Waals surface area (Å²) in [6.45, 7) is 8.12. The Hall–Kier alpha value is -1.28. The number of hydrogen-bond acceptors (Lipinski definition) is 6. The van der Waals surface area contributed by atoms with Gasteiger partial charge in [0.25, 0.3) is 0 Å². The molecule has 0 atom stereocenters. The Balaban J connectivity index is 1.57. The average Bonchev–Trinajstić information content (AvgIpc) is 3.14. The first-order valence-corrected chi connectivity index (χ1v) is 9.18. The van der Waals surface area contributed by atoms with Crippen molar-refractivity contribution in [1.82, 2.24) is 14.7 Å². The van der Waals surface area contributed by atoms with E-state index in [1.807, 2.05) is 17.8 Å². The van der Waals surface area contributed by atoms with E-state index in [4.69, 9.17) is 14.2 Å². The van der Waals surface area contributed by atoms with Crippen molar-refractivity contribution in [1.29, 1.82) is 0 Å². The van der Waals surface area contributed by atoms with Gasteiger partial charge in [-0.1, -0.05) is 6.92 Å². The van der Waals surface area contributed by atoms with Gasteiger partial charge in [-0.25, -0.2) is 0 Å². The topological polar surface area (TPSA) is 65.8 Å². The van der Waals surface area contributed by atoms with Crippen LogP contribution >= 0.6 is 0 Å². The van der Waals surface area contributed by atoms with E-state index in [-0.39, 0.29) is 5.78 Å². The van der Waals surface area contributed by atoms with Crippen molar-refractivity contribution in [3.05, 3.63) is 18.0 Å². The molecule has 1 aliphatic rings. The van der Waals surface area contributed by atoms with Crippen LogP contribution in [-0.4, -0.2) is 80.2 Å². The third kappa shape index (κ3) is 6.86. The zero-order chi connectivity index (χ0) is 17.9. The highest BCUT2D eigenvalue weighted by atomic mass is 16.5. The van der Waals surface area contributed by atoms with Gasteiger partial charge in [-0.15, -0.1) is 0 Å². The van der Waals surface area contributed by atoms with E-state index < -0.39 is 0 Å². The molecule has 0 unspecified atom stereocenters. The smallest absolute Gasteiger partial charge is 0.165 e. The van der Waals surface area contributed by atoms with Gasteiger partial charge in [0.1, 0.15) is 0 Å². The summed E-state index contributed by atoms with van der Waals surface area (Å²) in [5, 5.41) is 4.38. The second kappa shape index (κ2) is 11.4. The normalized spacial score (nSPS) is 16.4. The second-order valence-corrected chi connectivity index (χ2v) is 6.28. The Morgan fingerprint density at radius 3 is 2.52 bits per heavy atom. The second-order valence-electron chi connectivity index (χ2n) is 6.28. The van der Waals surface area contributed by atoms with Crippen molar-refractivity contribution in [2.75, 3.05) is 59.8 Å². The molecule has 7 nitrogen and oxygen atoms in total. The number of hydrogen-bond donors (Lipinski definition) is 0. The van der Waals surface area contributed by atoms with Gasteiger partial charge in [0, 0.05) is 39.4 Å². The zero-order valence-electron chi connectivity index (χ0n) is 15.5. The molecule has 1 aromatic rings. The Morgan fingerprint density at radius 1 is 1.16 bits per heavy atom. The molecule has 1 fully saturated rings. The van der Waals surface area contributed by atoms with Crippen LogP contribution in [0.15, 0.2) is 12.4 Å². The number of methoxy groups -OCH3 is 1. The molecule has 0 radical (unpaired) electrons. The minimum absolute atomic E-state index is 0.159. The quantitative estimate of drug-likeness (QED) is 0.422. The van der Waals surface area contributed by atoms with Crippen molar-refractivity contribution < 1.29 is 19.0 Å². The number of carbonyl (C=O) groups excluding carboxylic acids is 1. The molecule has 0 bridgehead atoms. The number of ether oxygens (including phenoxy) is 3. The fraction of sp³-hybridized carbons (Fsp3) is 0.778. The number of nitrogens with zero attached hydrogens (tertiary/aromatic N) is 3. The van der Waals surface area contributed by atoms with Crippen molar-refractivity contribution in [2.24, 2.45) is 0 Å². The molecule has 25 heavy (non-hydrogen) atoms. The van der Waals surface area contributed by atoms with Gasteiger partial charge in [-0.3, -0.25) is 9.48 Å². The minimum atomic E-state index is 0.159. The Labute approximate surface area is 150 Å². The summed E-state index contributed by atoms with van der Waals surface area (Å²) in [6.07, 6.45) is 6.24. The maximum absolute atomic E-state index is 11.7. The van der Waals surface area contributed by atoms with Crippen LogP contribution in [0.2, 0.25) is 0 Å². The first kappa shape index (κ1) is 20.0. The number of ketones is 1. The van der Waals surface area contributed by atoms with E-state index in [0.717, 1.165) is 44.6 Å². The standard InChI is InChI=1S/C18H31N3O4/c1-3-18(22)16-14-19-21(15-16)17-4-6-20(7-5-17)8-9-24-12-13-25-11-10-23-2/h14-15,17H,3-13H2,1-2H3. The van der Waals surface area contributed by atoms with Crippen molar-refractivity contribution in [2.45, 2.75) is 32.2 Å². The molecule has 1 aromatic heterocycles. The number of rotatable bonds is 12. The average molecular weight is 353 g/mol. The van der Waals surface area contributed by atoms with E-state index in [9.17, 15) is 4.79 Å². The number of likely N-dealkylation sites (tertiary alicyclic amines) is 1. The lowest BCUT2D eigenvalue weighted by atomic mass is 10.1. The summed E-state index contributed by atoms with van der Waals surface area (Å²) in [5.41, 5.74) is 0.728. The van der Waals surface area contributed by atoms with E-state index >= 15 is 0 Å². The molecule has 0 aliphatic carbocycles. The minimum Gasteiger partial charge on any atom is -0.382 e. The molecule has 1 saturated heterocycles. The maximum atomic E-state index is 11.7. The van der Waals surface area contributed by atoms with Gasteiger partial charge in [0.15, 0.2) is 5.78 Å². The highest BCUT2D eigenvalue weighted by Gasteiger charge is 2.21. The predicted molar refractivity (Wildman–Crippen MR) is 95.1 cm³/mol. The lowest BCUT2D eigenvalue weighted by Gasteiger charge is -2.31. The summed E-state index contributed by atoms with van der Waals surface area (Å²) in [6, 6.07) is 0.393. The van der Waals surface area contributed by atoms with E-state index in [1.165, 1.54) is 0 Å². The fourth-order valence-electron chi connectivity index (χ4n) is 2.95. The molecular formula is C18H31N3O4. The van der Waals surface area contributed by atoms with Crippen molar-refractivity contribution >= 4 is 5.78 Å². The van der Waals surface area contributed by atoms with Gasteiger partial charge >= 0.3 is 0 Å². The Bertz CT molecular complexity index is 498. The van der Waals surface area contributed by atoms with Gasteiger partial charge in [-0.05, 0) is 12.8 Å². The molecule has 7 heteroatoms. The summed E-state index contributed by atoms with van der Waals surface area (Å²) in [5.74, 6) is 0.159. The number of Topliss-reactive ketones (excluding diaryl/α,β-unsaturated/α-hetero) is 1. The summed E-state index contributed by atoms with van der Waals surface area (Å²) >= 11 is 0. The molecule has 2 heterocycles. The highest BCUT2D eigenvalue weighted by molar-refractivity contribution is 5.95. The van der Waals surface area contributed by atoms with Crippen LogP contribution in [0.25, 0.3) is 0 Å². The first-order chi connectivity index (χ1) is 12.2. The highest BCUT2D eigenvalue weighted by Crippen LogP contribution is 2.22. The summed E-state index contributed by atoms with van der Waals surface area (Å²) in [7, 11) is 1.67. The van der Waals surface area contributed by atoms with Gasteiger partial charge in [-0.2, -0.15) is 5.10 Å². The predicted octanol–water partition coefficient (Wildman–Crippen LogP) is 1.79. The summed E-state index contributed by atoms with van der Waals surface area (Å²) < 4.78 is 17.8. The number of piperidine rings is 1. The SMILES string of the molecule is CCC(=O)c1cnn(C2CCN(CCOCCOCCOC)CC2)c1. The van der Waals surface area contributed by atoms with Crippen LogP contribution in [0.5, 0.6) is 0 Å². The molecular weight excluding hydrogens is 322 g/mol. The van der Waals surface area contributed by atoms with Crippen LogP contribution in [0, 0.1) is 0 Å². The van der Waals surface area contributed by atoms with Crippen LogP contribution in [0.3, 0.4) is 0 Å². The third-order valence-corrected chi connectivity index (χ3v) is 4.53. The van der Waals surface area contributed by atoms with Gasteiger partial charge in [0.2, 0.25) is 0 Å². The summed E-state index contributed by atoms with van der Waals surface area (Å²) in [4.78, 5) is 14.1. The van der Waals surface area contributed by atoms with Crippen molar-refractivity contribution in [3.63, 3.8) is 0 Å².